The number of benzene rings is 4. The van der Waals surface area contributed by atoms with Crippen molar-refractivity contribution in [1.29, 1.82) is 0 Å². The number of nitrogens with one attached hydrogen (secondary N) is 1. The van der Waals surface area contributed by atoms with Crippen LogP contribution in [0.5, 0.6) is 11.5 Å². The summed E-state index contributed by atoms with van der Waals surface area (Å²) in [5.74, 6) is -0.0301. The van der Waals surface area contributed by atoms with E-state index in [1.54, 1.807) is 36.4 Å². The van der Waals surface area contributed by atoms with Gasteiger partial charge in [0.25, 0.3) is 0 Å². The first-order chi connectivity index (χ1) is 18.4. The van der Waals surface area contributed by atoms with E-state index in [0.717, 1.165) is 22.4 Å². The monoisotopic (exact) mass is 528 g/mol. The second-order valence-electron chi connectivity index (χ2n) is 9.53. The molecular formula is C31H29FN2O3S. The molecule has 0 aromatic heterocycles. The number of aromatic hydroxyl groups is 2. The maximum Gasteiger partial charge on any atom is 0.174 e. The fourth-order valence-corrected chi connectivity index (χ4v) is 5.48. The predicted molar refractivity (Wildman–Crippen MR) is 152 cm³/mol. The number of phenolic OH excluding ortho intramolecular Hbond substituents is 2. The number of nitrogens with zero attached hydrogens (tertiary/aromatic N) is 1. The molecule has 3 atom stereocenters. The van der Waals surface area contributed by atoms with Gasteiger partial charge in [0, 0.05) is 11.3 Å². The number of thiocarbonyl (C=S) groups is 1. The molecule has 5 rings (SSSR count). The summed E-state index contributed by atoms with van der Waals surface area (Å²) in [4.78, 5) is 2.03. The largest absolute Gasteiger partial charge is 0.508 e. The number of rotatable bonds is 8. The average molecular weight is 529 g/mol. The van der Waals surface area contributed by atoms with Gasteiger partial charge in [0.2, 0.25) is 0 Å². The Morgan fingerprint density at radius 3 is 2.32 bits per heavy atom. The standard InChI is InChI=1S/C31H29FN2O3S/c32-23-15-12-20(13-16-23)28(36)11-5-10-27-30(34(31(38)33-27)24-7-2-1-3-8-24)26-17-14-22(19-29(26)37)21-6-4-9-25(35)18-21/h1-4,6-9,12-19,27-28,30,35-37H,5,10-11H2,(H,33,38)/t27-,28-,30-/m1/s1. The molecule has 5 nitrogen and oxygen atoms in total. The Morgan fingerprint density at radius 1 is 0.868 bits per heavy atom. The van der Waals surface area contributed by atoms with Crippen molar-refractivity contribution in [2.45, 2.75) is 37.5 Å². The van der Waals surface area contributed by atoms with Crippen LogP contribution in [-0.2, 0) is 0 Å². The van der Waals surface area contributed by atoms with Crippen LogP contribution in [0.1, 0.15) is 42.5 Å². The predicted octanol–water partition coefficient (Wildman–Crippen LogP) is 6.61. The lowest BCUT2D eigenvalue weighted by atomic mass is 9.92. The lowest BCUT2D eigenvalue weighted by Gasteiger charge is -2.29. The van der Waals surface area contributed by atoms with E-state index in [2.05, 4.69) is 5.32 Å². The van der Waals surface area contributed by atoms with Crippen molar-refractivity contribution in [3.8, 4) is 22.6 Å². The first kappa shape index (κ1) is 25.7. The molecule has 1 aliphatic rings. The van der Waals surface area contributed by atoms with Gasteiger partial charge in [-0.1, -0.05) is 54.6 Å². The summed E-state index contributed by atoms with van der Waals surface area (Å²) in [5.41, 5.74) is 3.93. The topological polar surface area (TPSA) is 76.0 Å². The third-order valence-corrected chi connectivity index (χ3v) is 7.31. The van der Waals surface area contributed by atoms with Crippen LogP contribution in [0.3, 0.4) is 0 Å². The third kappa shape index (κ3) is 5.49. The summed E-state index contributed by atoms with van der Waals surface area (Å²) in [7, 11) is 0. The minimum Gasteiger partial charge on any atom is -0.508 e. The summed E-state index contributed by atoms with van der Waals surface area (Å²) in [6.07, 6.45) is 1.21. The zero-order valence-corrected chi connectivity index (χ0v) is 21.5. The van der Waals surface area contributed by atoms with Crippen molar-refractivity contribution < 1.29 is 19.7 Å². The Hall–Kier alpha value is -3.94. The number of anilines is 1. The zero-order chi connectivity index (χ0) is 26.6. The van der Waals surface area contributed by atoms with Crippen molar-refractivity contribution in [2.75, 3.05) is 4.90 Å². The Morgan fingerprint density at radius 2 is 1.61 bits per heavy atom. The highest BCUT2D eigenvalue weighted by molar-refractivity contribution is 7.80. The van der Waals surface area contributed by atoms with E-state index < -0.39 is 6.10 Å². The molecule has 4 N–H and O–H groups in total. The Kier molecular flexibility index (Phi) is 7.58. The minimum absolute atomic E-state index is 0.111. The number of phenols is 2. The maximum absolute atomic E-state index is 13.3. The highest BCUT2D eigenvalue weighted by Crippen LogP contribution is 2.41. The van der Waals surface area contributed by atoms with Crippen molar-refractivity contribution in [2.24, 2.45) is 0 Å². The molecule has 1 heterocycles. The Labute approximate surface area is 226 Å². The molecule has 1 aliphatic heterocycles. The quantitative estimate of drug-likeness (QED) is 0.193. The number of halogens is 1. The van der Waals surface area contributed by atoms with Crippen LogP contribution >= 0.6 is 12.2 Å². The van der Waals surface area contributed by atoms with Gasteiger partial charge in [0.15, 0.2) is 5.11 Å². The molecule has 1 fully saturated rings. The van der Waals surface area contributed by atoms with Crippen LogP contribution in [0.4, 0.5) is 10.1 Å². The van der Waals surface area contributed by atoms with E-state index >= 15 is 0 Å². The van der Waals surface area contributed by atoms with Gasteiger partial charge in [-0.15, -0.1) is 0 Å². The van der Waals surface area contributed by atoms with Crippen LogP contribution in [-0.4, -0.2) is 26.5 Å². The Bertz CT molecular complexity index is 1410. The van der Waals surface area contributed by atoms with Crippen LogP contribution in [0.15, 0.2) is 97.1 Å². The van der Waals surface area contributed by atoms with Crippen LogP contribution in [0.25, 0.3) is 11.1 Å². The lowest BCUT2D eigenvalue weighted by molar-refractivity contribution is 0.162. The summed E-state index contributed by atoms with van der Waals surface area (Å²) >= 11 is 5.75. The molecule has 0 spiro atoms. The van der Waals surface area contributed by atoms with E-state index in [1.807, 2.05) is 53.4 Å². The molecule has 0 radical (unpaired) electrons. The molecular weight excluding hydrogens is 499 g/mol. The fourth-order valence-electron chi connectivity index (χ4n) is 5.11. The number of hydrogen-bond acceptors (Lipinski definition) is 4. The summed E-state index contributed by atoms with van der Waals surface area (Å²) in [6.45, 7) is 0. The highest BCUT2D eigenvalue weighted by atomic mass is 32.1. The van der Waals surface area contributed by atoms with Crippen molar-refractivity contribution in [3.63, 3.8) is 0 Å². The number of hydrogen-bond donors (Lipinski definition) is 4. The van der Waals surface area contributed by atoms with E-state index in [9.17, 15) is 19.7 Å². The van der Waals surface area contributed by atoms with E-state index in [0.29, 0.717) is 29.9 Å². The molecule has 1 saturated heterocycles. The van der Waals surface area contributed by atoms with E-state index in [-0.39, 0.29) is 29.4 Å². The Balaban J connectivity index is 1.41. The van der Waals surface area contributed by atoms with Crippen LogP contribution in [0, 0.1) is 5.82 Å². The van der Waals surface area contributed by atoms with Crippen LogP contribution < -0.4 is 10.2 Å². The number of aliphatic hydroxyl groups excluding tert-OH is 1. The smallest absolute Gasteiger partial charge is 0.174 e. The molecule has 0 saturated carbocycles. The normalized spacial score (nSPS) is 17.8. The van der Waals surface area contributed by atoms with Gasteiger partial charge in [0.05, 0.1) is 18.2 Å². The van der Waals surface area contributed by atoms with Gasteiger partial charge in [-0.05, 0) is 90.6 Å². The van der Waals surface area contributed by atoms with Crippen molar-refractivity contribution in [1.82, 2.24) is 5.32 Å². The van der Waals surface area contributed by atoms with Gasteiger partial charge in [-0.25, -0.2) is 4.39 Å². The molecule has 0 amide bonds. The van der Waals surface area contributed by atoms with Gasteiger partial charge >= 0.3 is 0 Å². The molecule has 194 valence electrons. The molecule has 4 aromatic rings. The SMILES string of the molecule is Oc1cccc(-c2ccc([C@@H]3[C@@H](CCC[C@@H](O)c4ccc(F)cc4)NC(=S)N3c3ccccc3)c(O)c2)c1. The van der Waals surface area contributed by atoms with Crippen molar-refractivity contribution >= 4 is 23.0 Å². The molecule has 7 heteroatoms. The first-order valence-corrected chi connectivity index (χ1v) is 13.0. The third-order valence-electron chi connectivity index (χ3n) is 7.00. The summed E-state index contributed by atoms with van der Waals surface area (Å²) < 4.78 is 13.3. The second kappa shape index (κ2) is 11.2. The summed E-state index contributed by atoms with van der Waals surface area (Å²) in [6, 6.07) is 27.8. The second-order valence-corrected chi connectivity index (χ2v) is 9.92. The van der Waals surface area contributed by atoms with Crippen LogP contribution in [0.2, 0.25) is 0 Å². The molecule has 0 aliphatic carbocycles. The number of aliphatic hydroxyl groups is 1. The zero-order valence-electron chi connectivity index (χ0n) is 20.7. The number of para-hydroxylation sites is 1. The average Bonchev–Trinajstić information content (AvgIpc) is 3.24. The van der Waals surface area contributed by atoms with E-state index in [1.165, 1.54) is 12.1 Å². The molecule has 0 bridgehead atoms. The van der Waals surface area contributed by atoms with Gasteiger partial charge in [-0.3, -0.25) is 0 Å². The maximum atomic E-state index is 13.3. The van der Waals surface area contributed by atoms with Gasteiger partial charge < -0.3 is 25.5 Å². The first-order valence-electron chi connectivity index (χ1n) is 12.6. The molecule has 38 heavy (non-hydrogen) atoms. The fraction of sp³-hybridized carbons (Fsp3) is 0.194. The van der Waals surface area contributed by atoms with E-state index in [4.69, 9.17) is 12.2 Å². The minimum atomic E-state index is -0.692. The van der Waals surface area contributed by atoms with Gasteiger partial charge in [-0.2, -0.15) is 0 Å². The van der Waals surface area contributed by atoms with Gasteiger partial charge in [0.1, 0.15) is 17.3 Å². The van der Waals surface area contributed by atoms with Crippen molar-refractivity contribution in [3.05, 3.63) is 114 Å². The molecule has 4 aromatic carbocycles. The lowest BCUT2D eigenvalue weighted by Crippen LogP contribution is -2.29. The summed E-state index contributed by atoms with van der Waals surface area (Å²) in [5, 5.41) is 35.7. The highest BCUT2D eigenvalue weighted by Gasteiger charge is 2.40. The molecule has 0 unspecified atom stereocenters.